The highest BCUT2D eigenvalue weighted by molar-refractivity contribution is 5.91. The van der Waals surface area contributed by atoms with Crippen LogP contribution in [0.1, 0.15) is 35.4 Å². The Balaban J connectivity index is 2.07. The van der Waals surface area contributed by atoms with Crippen LogP contribution in [0, 0.1) is 5.82 Å². The van der Waals surface area contributed by atoms with Crippen molar-refractivity contribution in [2.24, 2.45) is 0 Å². The highest BCUT2D eigenvalue weighted by atomic mass is 19.1. The molecule has 1 heterocycles. The minimum absolute atomic E-state index is 0.0774. The standard InChI is InChI=1S/C16H22FN5O/c1-4-15(12-5-7-13(17)8-6-12)22-11-14(19-20-22)16(23)18-9-10-21(2)3/h5-8,11,15H,4,9-10H2,1-3H3,(H,18,23)/t15-/m0/s1. The second-order valence-electron chi connectivity index (χ2n) is 5.62. The lowest BCUT2D eigenvalue weighted by atomic mass is 10.0. The Morgan fingerprint density at radius 2 is 2.04 bits per heavy atom. The number of likely N-dealkylation sites (N-methyl/N-ethyl adjacent to an activating group) is 1. The molecule has 23 heavy (non-hydrogen) atoms. The van der Waals surface area contributed by atoms with Gasteiger partial charge in [-0.25, -0.2) is 9.07 Å². The van der Waals surface area contributed by atoms with Crippen LogP contribution in [-0.2, 0) is 0 Å². The summed E-state index contributed by atoms with van der Waals surface area (Å²) in [5, 5.41) is 10.8. The number of benzene rings is 1. The Labute approximate surface area is 135 Å². The number of nitrogens with one attached hydrogen (secondary N) is 1. The fourth-order valence-corrected chi connectivity index (χ4v) is 2.28. The third-order valence-corrected chi connectivity index (χ3v) is 3.55. The molecule has 0 saturated heterocycles. The number of hydrogen-bond donors (Lipinski definition) is 1. The van der Waals surface area contributed by atoms with Crippen molar-refractivity contribution >= 4 is 5.91 Å². The molecule has 0 radical (unpaired) electrons. The van der Waals surface area contributed by atoms with E-state index in [0.717, 1.165) is 18.5 Å². The smallest absolute Gasteiger partial charge is 0.273 e. The minimum Gasteiger partial charge on any atom is -0.349 e. The third kappa shape index (κ3) is 4.59. The van der Waals surface area contributed by atoms with Crippen molar-refractivity contribution in [1.29, 1.82) is 0 Å². The van der Waals surface area contributed by atoms with E-state index in [1.54, 1.807) is 23.0 Å². The van der Waals surface area contributed by atoms with Crippen molar-refractivity contribution < 1.29 is 9.18 Å². The van der Waals surface area contributed by atoms with Gasteiger partial charge in [0.2, 0.25) is 0 Å². The zero-order chi connectivity index (χ0) is 16.8. The maximum absolute atomic E-state index is 13.1. The van der Waals surface area contributed by atoms with Crippen molar-refractivity contribution in [2.75, 3.05) is 27.2 Å². The van der Waals surface area contributed by atoms with Crippen molar-refractivity contribution in [3.8, 4) is 0 Å². The van der Waals surface area contributed by atoms with Crippen molar-refractivity contribution in [1.82, 2.24) is 25.2 Å². The number of halogens is 1. The first-order valence-corrected chi connectivity index (χ1v) is 7.61. The molecular formula is C16H22FN5O. The lowest BCUT2D eigenvalue weighted by Crippen LogP contribution is -2.31. The van der Waals surface area contributed by atoms with Gasteiger partial charge in [-0.3, -0.25) is 4.79 Å². The van der Waals surface area contributed by atoms with Gasteiger partial charge in [-0.15, -0.1) is 5.10 Å². The summed E-state index contributed by atoms with van der Waals surface area (Å²) >= 11 is 0. The molecule has 2 rings (SSSR count). The zero-order valence-corrected chi connectivity index (χ0v) is 13.7. The molecule has 0 unspecified atom stereocenters. The summed E-state index contributed by atoms with van der Waals surface area (Å²) in [4.78, 5) is 14.0. The fraction of sp³-hybridized carbons (Fsp3) is 0.438. The maximum Gasteiger partial charge on any atom is 0.273 e. The maximum atomic E-state index is 13.1. The number of amides is 1. The first-order chi connectivity index (χ1) is 11.0. The van der Waals surface area contributed by atoms with Crippen LogP contribution in [0.5, 0.6) is 0 Å². The quantitative estimate of drug-likeness (QED) is 0.844. The largest absolute Gasteiger partial charge is 0.349 e. The first-order valence-electron chi connectivity index (χ1n) is 7.61. The predicted octanol–water partition coefficient (Wildman–Crippen LogP) is 1.71. The Kier molecular flexibility index (Phi) is 5.81. The van der Waals surface area contributed by atoms with Gasteiger partial charge in [0.1, 0.15) is 5.82 Å². The Bertz CT molecular complexity index is 638. The van der Waals surface area contributed by atoms with Gasteiger partial charge in [0.05, 0.1) is 12.2 Å². The first kappa shape index (κ1) is 17.1. The molecule has 1 amide bonds. The van der Waals surface area contributed by atoms with Crippen LogP contribution >= 0.6 is 0 Å². The molecule has 6 nitrogen and oxygen atoms in total. The van der Waals surface area contributed by atoms with Gasteiger partial charge < -0.3 is 10.2 Å². The van der Waals surface area contributed by atoms with Gasteiger partial charge in [-0.2, -0.15) is 0 Å². The van der Waals surface area contributed by atoms with Crippen LogP contribution in [0.2, 0.25) is 0 Å². The van der Waals surface area contributed by atoms with Crippen LogP contribution in [0.15, 0.2) is 30.5 Å². The van der Waals surface area contributed by atoms with Gasteiger partial charge in [0, 0.05) is 13.1 Å². The number of hydrogen-bond acceptors (Lipinski definition) is 4. The molecule has 0 aliphatic heterocycles. The average molecular weight is 319 g/mol. The molecular weight excluding hydrogens is 297 g/mol. The Morgan fingerprint density at radius 1 is 1.35 bits per heavy atom. The summed E-state index contributed by atoms with van der Waals surface area (Å²) in [6.45, 7) is 3.31. The highest BCUT2D eigenvalue weighted by Crippen LogP contribution is 2.21. The predicted molar refractivity (Wildman–Crippen MR) is 85.7 cm³/mol. The normalized spacial score (nSPS) is 12.4. The van der Waals surface area contributed by atoms with Gasteiger partial charge in [-0.05, 0) is 38.2 Å². The Hall–Kier alpha value is -2.28. The third-order valence-electron chi connectivity index (χ3n) is 3.55. The van der Waals surface area contributed by atoms with E-state index in [9.17, 15) is 9.18 Å². The summed E-state index contributed by atoms with van der Waals surface area (Å²) < 4.78 is 14.7. The lowest BCUT2D eigenvalue weighted by molar-refractivity contribution is 0.0946. The van der Waals surface area contributed by atoms with Crippen LogP contribution < -0.4 is 5.32 Å². The number of nitrogens with zero attached hydrogens (tertiary/aromatic N) is 4. The number of carbonyl (C=O) groups excluding carboxylic acids is 1. The summed E-state index contributed by atoms with van der Waals surface area (Å²) in [6, 6.07) is 6.21. The topological polar surface area (TPSA) is 63.1 Å². The van der Waals surface area contributed by atoms with Crippen LogP contribution in [-0.4, -0.2) is 53.0 Å². The second kappa shape index (κ2) is 7.82. The molecule has 1 aromatic heterocycles. The van der Waals surface area contributed by atoms with E-state index in [-0.39, 0.29) is 23.5 Å². The molecule has 0 bridgehead atoms. The molecule has 7 heteroatoms. The van der Waals surface area contributed by atoms with Crippen LogP contribution in [0.4, 0.5) is 4.39 Å². The van der Waals surface area contributed by atoms with Gasteiger partial charge in [0.25, 0.3) is 5.91 Å². The monoisotopic (exact) mass is 319 g/mol. The molecule has 0 fully saturated rings. The molecule has 0 spiro atoms. The summed E-state index contributed by atoms with van der Waals surface area (Å²) in [5.74, 6) is -0.518. The average Bonchev–Trinajstić information content (AvgIpc) is 2.99. The van der Waals surface area contributed by atoms with Gasteiger partial charge in [-0.1, -0.05) is 24.3 Å². The van der Waals surface area contributed by atoms with E-state index in [1.165, 1.54) is 12.1 Å². The van der Waals surface area contributed by atoms with E-state index in [0.29, 0.717) is 6.54 Å². The molecule has 2 aromatic rings. The minimum atomic E-state index is -0.275. The lowest BCUT2D eigenvalue weighted by Gasteiger charge is -2.15. The van der Waals surface area contributed by atoms with E-state index in [2.05, 4.69) is 15.6 Å². The SMILES string of the molecule is CC[C@@H](c1ccc(F)cc1)n1cc(C(=O)NCCN(C)C)nn1. The molecule has 0 aliphatic rings. The van der Waals surface area contributed by atoms with E-state index < -0.39 is 0 Å². The summed E-state index contributed by atoms with van der Waals surface area (Å²) in [6.07, 6.45) is 2.39. The highest BCUT2D eigenvalue weighted by Gasteiger charge is 2.17. The second-order valence-corrected chi connectivity index (χ2v) is 5.62. The van der Waals surface area contributed by atoms with Gasteiger partial charge >= 0.3 is 0 Å². The van der Waals surface area contributed by atoms with Crippen LogP contribution in [0.25, 0.3) is 0 Å². The Morgan fingerprint density at radius 3 is 2.65 bits per heavy atom. The fourth-order valence-electron chi connectivity index (χ4n) is 2.28. The van der Waals surface area contributed by atoms with E-state index in [1.807, 2.05) is 25.9 Å². The molecule has 1 atom stereocenters. The summed E-state index contributed by atoms with van der Waals surface area (Å²) in [7, 11) is 3.88. The zero-order valence-electron chi connectivity index (χ0n) is 13.7. The van der Waals surface area contributed by atoms with Gasteiger partial charge in [0.15, 0.2) is 5.69 Å². The molecule has 0 aliphatic carbocycles. The molecule has 0 saturated carbocycles. The molecule has 124 valence electrons. The number of carbonyl (C=O) groups is 1. The summed E-state index contributed by atoms with van der Waals surface area (Å²) in [5.41, 5.74) is 1.21. The number of rotatable bonds is 7. The molecule has 1 aromatic carbocycles. The van der Waals surface area contributed by atoms with Crippen LogP contribution in [0.3, 0.4) is 0 Å². The van der Waals surface area contributed by atoms with E-state index in [4.69, 9.17) is 0 Å². The van der Waals surface area contributed by atoms with Crippen molar-refractivity contribution in [3.63, 3.8) is 0 Å². The van der Waals surface area contributed by atoms with E-state index >= 15 is 0 Å². The van der Waals surface area contributed by atoms with Crippen molar-refractivity contribution in [2.45, 2.75) is 19.4 Å². The van der Waals surface area contributed by atoms with Crippen molar-refractivity contribution in [3.05, 3.63) is 47.5 Å². The molecule has 1 N–H and O–H groups in total. The number of aromatic nitrogens is 3.